The maximum Gasteiger partial charge on any atom is 0.342 e. The first-order valence-corrected chi connectivity index (χ1v) is 9.52. The Bertz CT molecular complexity index is 1150. The van der Waals surface area contributed by atoms with Crippen LogP contribution in [0.5, 0.6) is 11.5 Å². The van der Waals surface area contributed by atoms with Crippen LogP contribution in [0.4, 0.5) is 11.4 Å². The lowest BCUT2D eigenvalue weighted by atomic mass is 10.1. The molecule has 0 bridgehead atoms. The van der Waals surface area contributed by atoms with E-state index in [0.717, 1.165) is 12.1 Å². The molecule has 0 unspecified atom stereocenters. The van der Waals surface area contributed by atoms with Gasteiger partial charge in [-0.25, -0.2) is 9.59 Å². The van der Waals surface area contributed by atoms with E-state index in [1.54, 1.807) is 0 Å². The van der Waals surface area contributed by atoms with Gasteiger partial charge in [-0.15, -0.1) is 0 Å². The standard InChI is InChI=1S/C22H16N2O10/c25-19-10-18(22(28)34-12-14-3-7-16(8-4-14)24(31)32)20(26)9-17(19)21(27)33-11-13-1-5-15(6-2-13)23(29)30/h1-10,25-26H,11-12H2. The molecule has 0 aliphatic rings. The Morgan fingerprint density at radius 3 is 1.29 bits per heavy atom. The number of carbonyl (C=O) groups is 2. The number of benzene rings is 3. The zero-order valence-corrected chi connectivity index (χ0v) is 17.2. The summed E-state index contributed by atoms with van der Waals surface area (Å²) in [6, 6.07) is 12.2. The van der Waals surface area contributed by atoms with Gasteiger partial charge in [-0.1, -0.05) is 0 Å². The molecule has 0 fully saturated rings. The number of nitrogens with zero attached hydrogens (tertiary/aromatic N) is 2. The van der Waals surface area contributed by atoms with Crippen LogP contribution in [0.2, 0.25) is 0 Å². The number of phenols is 2. The molecule has 3 aromatic rings. The predicted molar refractivity (Wildman–Crippen MR) is 114 cm³/mol. The van der Waals surface area contributed by atoms with Crippen LogP contribution in [-0.4, -0.2) is 32.0 Å². The fourth-order valence-electron chi connectivity index (χ4n) is 2.78. The van der Waals surface area contributed by atoms with Crippen molar-refractivity contribution in [3.63, 3.8) is 0 Å². The van der Waals surface area contributed by atoms with Gasteiger partial charge in [-0.05, 0) is 47.5 Å². The van der Waals surface area contributed by atoms with Crippen LogP contribution >= 0.6 is 0 Å². The monoisotopic (exact) mass is 468 g/mol. The Kier molecular flexibility index (Phi) is 7.01. The summed E-state index contributed by atoms with van der Waals surface area (Å²) >= 11 is 0. The van der Waals surface area contributed by atoms with Gasteiger partial charge in [0.1, 0.15) is 35.8 Å². The van der Waals surface area contributed by atoms with Crippen molar-refractivity contribution >= 4 is 23.3 Å². The highest BCUT2D eigenvalue weighted by atomic mass is 16.6. The molecule has 0 heterocycles. The minimum atomic E-state index is -1.00. The zero-order chi connectivity index (χ0) is 24.8. The Morgan fingerprint density at radius 2 is 1.00 bits per heavy atom. The first-order chi connectivity index (χ1) is 16.2. The number of rotatable bonds is 8. The Labute approximate surface area is 190 Å². The third-order valence-electron chi connectivity index (χ3n) is 4.59. The molecule has 0 spiro atoms. The van der Waals surface area contributed by atoms with Gasteiger partial charge in [-0.3, -0.25) is 20.2 Å². The average Bonchev–Trinajstić information content (AvgIpc) is 2.82. The number of aromatic hydroxyl groups is 2. The Balaban J connectivity index is 1.63. The van der Waals surface area contributed by atoms with Gasteiger partial charge in [0.15, 0.2) is 0 Å². The van der Waals surface area contributed by atoms with Crippen molar-refractivity contribution in [2.75, 3.05) is 0 Å². The van der Waals surface area contributed by atoms with Gasteiger partial charge in [0, 0.05) is 24.3 Å². The highest BCUT2D eigenvalue weighted by Crippen LogP contribution is 2.29. The number of hydrogen-bond donors (Lipinski definition) is 2. The van der Waals surface area contributed by atoms with E-state index in [4.69, 9.17) is 9.47 Å². The van der Waals surface area contributed by atoms with E-state index in [-0.39, 0.29) is 24.6 Å². The Hall–Kier alpha value is -5.00. The molecule has 0 aliphatic heterocycles. The lowest BCUT2D eigenvalue weighted by Crippen LogP contribution is -2.09. The maximum absolute atomic E-state index is 12.3. The molecule has 12 nitrogen and oxygen atoms in total. The number of carbonyl (C=O) groups excluding carboxylic acids is 2. The highest BCUT2D eigenvalue weighted by Gasteiger charge is 2.21. The molecule has 3 aromatic carbocycles. The van der Waals surface area contributed by atoms with Crippen LogP contribution < -0.4 is 0 Å². The number of phenolic OH excluding ortho intramolecular Hbond substituents is 2. The van der Waals surface area contributed by atoms with Crippen LogP contribution in [0, 0.1) is 20.2 Å². The topological polar surface area (TPSA) is 179 Å². The number of hydrogen-bond acceptors (Lipinski definition) is 10. The normalized spacial score (nSPS) is 10.4. The summed E-state index contributed by atoms with van der Waals surface area (Å²) in [5.74, 6) is -3.29. The summed E-state index contributed by atoms with van der Waals surface area (Å²) in [6.45, 7) is -0.508. The molecular weight excluding hydrogens is 452 g/mol. The summed E-state index contributed by atoms with van der Waals surface area (Å²) in [5, 5.41) is 41.6. The highest BCUT2D eigenvalue weighted by molar-refractivity contribution is 5.98. The molecule has 0 saturated heterocycles. The van der Waals surface area contributed by atoms with Crippen LogP contribution in [0.3, 0.4) is 0 Å². The summed E-state index contributed by atoms with van der Waals surface area (Å²) in [4.78, 5) is 44.7. The van der Waals surface area contributed by atoms with Gasteiger partial charge in [0.05, 0.1) is 9.85 Å². The lowest BCUT2D eigenvalue weighted by Gasteiger charge is -2.10. The number of esters is 2. The second kappa shape index (κ2) is 10.1. The minimum absolute atomic E-state index is 0.131. The van der Waals surface area contributed by atoms with E-state index >= 15 is 0 Å². The maximum atomic E-state index is 12.3. The van der Waals surface area contributed by atoms with Gasteiger partial charge < -0.3 is 19.7 Å². The third-order valence-corrected chi connectivity index (χ3v) is 4.59. The summed E-state index contributed by atoms with van der Waals surface area (Å²) < 4.78 is 10.1. The molecular formula is C22H16N2O10. The molecule has 0 aliphatic carbocycles. The molecule has 34 heavy (non-hydrogen) atoms. The van der Waals surface area contributed by atoms with Crippen LogP contribution in [-0.2, 0) is 22.7 Å². The number of nitro benzene ring substituents is 2. The second-order valence-corrected chi connectivity index (χ2v) is 6.89. The van der Waals surface area contributed by atoms with Crippen molar-refractivity contribution in [3.05, 3.63) is 103 Å². The molecule has 3 rings (SSSR count). The molecule has 0 atom stereocenters. The van der Waals surface area contributed by atoms with Crippen molar-refractivity contribution in [1.29, 1.82) is 0 Å². The zero-order valence-electron chi connectivity index (χ0n) is 17.2. The lowest BCUT2D eigenvalue weighted by molar-refractivity contribution is -0.385. The van der Waals surface area contributed by atoms with Crippen LogP contribution in [0.1, 0.15) is 31.8 Å². The van der Waals surface area contributed by atoms with E-state index in [1.807, 2.05) is 0 Å². The van der Waals surface area contributed by atoms with Gasteiger partial charge in [0.25, 0.3) is 11.4 Å². The number of ether oxygens (including phenoxy) is 2. The SMILES string of the molecule is O=C(OCc1ccc([N+](=O)[O-])cc1)c1cc(O)c(C(=O)OCc2ccc([N+](=O)[O-])cc2)cc1O. The fraction of sp³-hybridized carbons (Fsp3) is 0.0909. The van der Waals surface area contributed by atoms with Crippen LogP contribution in [0.15, 0.2) is 60.7 Å². The number of nitro groups is 2. The molecule has 12 heteroatoms. The molecule has 0 amide bonds. The van der Waals surface area contributed by atoms with Crippen molar-refractivity contribution < 1.29 is 39.1 Å². The molecule has 0 aromatic heterocycles. The third kappa shape index (κ3) is 5.62. The number of non-ortho nitro benzene ring substituents is 2. The average molecular weight is 468 g/mol. The minimum Gasteiger partial charge on any atom is -0.507 e. The summed E-state index contributed by atoms with van der Waals surface area (Å²) in [5.41, 5.74) is -0.178. The van der Waals surface area contributed by atoms with Crippen molar-refractivity contribution in [3.8, 4) is 11.5 Å². The van der Waals surface area contributed by atoms with E-state index in [1.165, 1.54) is 48.5 Å². The van der Waals surface area contributed by atoms with Gasteiger partial charge >= 0.3 is 11.9 Å². The molecule has 0 saturated carbocycles. The first kappa shape index (κ1) is 23.7. The second-order valence-electron chi connectivity index (χ2n) is 6.89. The fourth-order valence-corrected chi connectivity index (χ4v) is 2.78. The smallest absolute Gasteiger partial charge is 0.342 e. The van der Waals surface area contributed by atoms with E-state index in [0.29, 0.717) is 11.1 Å². The molecule has 0 radical (unpaired) electrons. The molecule has 174 valence electrons. The van der Waals surface area contributed by atoms with Gasteiger partial charge in [0.2, 0.25) is 0 Å². The largest absolute Gasteiger partial charge is 0.507 e. The van der Waals surface area contributed by atoms with Gasteiger partial charge in [-0.2, -0.15) is 0 Å². The van der Waals surface area contributed by atoms with Crippen molar-refractivity contribution in [2.24, 2.45) is 0 Å². The summed E-state index contributed by atoms with van der Waals surface area (Å²) in [6.07, 6.45) is 0. The Morgan fingerprint density at radius 1 is 0.676 bits per heavy atom. The van der Waals surface area contributed by atoms with Crippen molar-refractivity contribution in [1.82, 2.24) is 0 Å². The van der Waals surface area contributed by atoms with E-state index < -0.39 is 44.4 Å². The van der Waals surface area contributed by atoms with E-state index in [2.05, 4.69) is 0 Å². The predicted octanol–water partition coefficient (Wildman–Crippen LogP) is 3.63. The first-order valence-electron chi connectivity index (χ1n) is 9.52. The summed E-state index contributed by atoms with van der Waals surface area (Å²) in [7, 11) is 0. The van der Waals surface area contributed by atoms with Crippen LogP contribution in [0.25, 0.3) is 0 Å². The molecule has 2 N–H and O–H groups in total. The van der Waals surface area contributed by atoms with E-state index in [9.17, 15) is 40.0 Å². The quantitative estimate of drug-likeness (QED) is 0.214. The van der Waals surface area contributed by atoms with Crippen molar-refractivity contribution in [2.45, 2.75) is 13.2 Å².